The van der Waals surface area contributed by atoms with Crippen molar-refractivity contribution < 1.29 is 36.2 Å². The molecule has 0 saturated carbocycles. The van der Waals surface area contributed by atoms with Gasteiger partial charge < -0.3 is 10.2 Å². The van der Waals surface area contributed by atoms with Gasteiger partial charge in [0.15, 0.2) is 23.1 Å². The summed E-state index contributed by atoms with van der Waals surface area (Å²) in [7, 11) is -9.05. The van der Waals surface area contributed by atoms with E-state index in [0.29, 0.717) is 11.4 Å². The lowest BCUT2D eigenvalue weighted by atomic mass is 9.77. The minimum absolute atomic E-state index is 0.0289. The third-order valence-corrected chi connectivity index (χ3v) is 11.1. The van der Waals surface area contributed by atoms with Crippen molar-refractivity contribution >= 4 is 43.0 Å². The maximum Gasteiger partial charge on any atom is 0.281 e. The quantitative estimate of drug-likeness (QED) is 0.0590. The first-order valence-corrected chi connectivity index (χ1v) is 21.4. The number of azo groups is 2. The third-order valence-electron chi connectivity index (χ3n) is 9.81. The molecule has 18 heteroatoms. The van der Waals surface area contributed by atoms with Crippen LogP contribution in [0.15, 0.2) is 78.6 Å². The van der Waals surface area contributed by atoms with Gasteiger partial charge in [-0.2, -0.15) is 27.1 Å². The lowest BCUT2D eigenvalue weighted by Gasteiger charge is -2.27. The van der Waals surface area contributed by atoms with Gasteiger partial charge in [-0.05, 0) is 86.6 Å². The second-order valence-electron chi connectivity index (χ2n) is 13.5. The normalized spacial score (nSPS) is 13.5. The molecule has 302 valence electrons. The Morgan fingerprint density at radius 2 is 1.00 bits per heavy atom. The largest absolute Gasteiger partial charge is 0.494 e. The van der Waals surface area contributed by atoms with Gasteiger partial charge in [-0.1, -0.05) is 57.4 Å². The van der Waals surface area contributed by atoms with E-state index in [4.69, 9.17) is 0 Å². The number of hydrogen-bond donors (Lipinski definition) is 4. The standard InChI is InChI=1S/C38H48N6O10S2/c1-7-11-12-25(8-2)32(26-13-17-28(18-14-26)39-41-33-23(5)30(21-55(49,50)51)35(45)43(9-3)37(33)47)27-15-19-29(20-16-27)40-42-34-24(6)31(22-56(52,53)54)36(46)44(10-4)38(34)48/h13-20,25,32,45-46H,7-12,21-22H2,1-6H3,(H,49,50,51)(H,52,53,54). The maximum atomic E-state index is 13.1. The number of benzene rings is 2. The Hall–Kier alpha value is -5.04. The summed E-state index contributed by atoms with van der Waals surface area (Å²) in [6.07, 6.45) is 3.90. The molecule has 0 bridgehead atoms. The van der Waals surface area contributed by atoms with Crippen LogP contribution < -0.4 is 11.1 Å². The molecule has 0 aliphatic carbocycles. The molecule has 0 fully saturated rings. The van der Waals surface area contributed by atoms with Crippen LogP contribution in [-0.4, -0.2) is 45.3 Å². The van der Waals surface area contributed by atoms with Crippen LogP contribution in [-0.2, 0) is 44.8 Å². The van der Waals surface area contributed by atoms with Crippen molar-refractivity contribution in [1.29, 1.82) is 0 Å². The highest BCUT2D eigenvalue weighted by atomic mass is 32.2. The van der Waals surface area contributed by atoms with Gasteiger partial charge >= 0.3 is 0 Å². The van der Waals surface area contributed by atoms with E-state index in [1.165, 1.54) is 13.8 Å². The van der Waals surface area contributed by atoms with Crippen molar-refractivity contribution in [2.75, 3.05) is 0 Å². The highest BCUT2D eigenvalue weighted by Gasteiger charge is 2.26. The molecule has 0 aliphatic heterocycles. The first kappa shape index (κ1) is 43.7. The summed E-state index contributed by atoms with van der Waals surface area (Å²) >= 11 is 0. The van der Waals surface area contributed by atoms with Crippen LogP contribution >= 0.6 is 0 Å². The van der Waals surface area contributed by atoms with E-state index in [0.717, 1.165) is 45.9 Å². The Bertz CT molecular complexity index is 2290. The summed E-state index contributed by atoms with van der Waals surface area (Å²) in [4.78, 5) is 26.2. The van der Waals surface area contributed by atoms with Crippen LogP contribution in [0.4, 0.5) is 22.7 Å². The minimum Gasteiger partial charge on any atom is -0.494 e. The van der Waals surface area contributed by atoms with Gasteiger partial charge in [0.1, 0.15) is 11.5 Å². The van der Waals surface area contributed by atoms with Gasteiger partial charge in [0.25, 0.3) is 31.4 Å². The predicted octanol–water partition coefficient (Wildman–Crippen LogP) is 8.03. The van der Waals surface area contributed by atoms with Gasteiger partial charge in [0.2, 0.25) is 0 Å². The summed E-state index contributed by atoms with van der Waals surface area (Å²) in [6, 6.07) is 14.7. The SMILES string of the molecule is CCCCC(CC)C(c1ccc(N=Nc2c(C)c(CS(=O)(=O)O)c(O)n(CC)c2=O)cc1)c1ccc(N=Nc2c(C)c(CS(=O)(=O)O)c(O)n(CC)c2=O)cc1. The van der Waals surface area contributed by atoms with Crippen molar-refractivity contribution in [1.82, 2.24) is 9.13 Å². The summed E-state index contributed by atoms with van der Waals surface area (Å²) in [5.74, 6) is -2.70. The molecule has 0 saturated heterocycles. The average Bonchev–Trinajstić information content (AvgIpc) is 3.14. The fraction of sp³-hybridized carbons (Fsp3) is 0.421. The van der Waals surface area contributed by atoms with E-state index in [-0.39, 0.29) is 58.6 Å². The number of nitrogens with zero attached hydrogens (tertiary/aromatic N) is 6. The Kier molecular flexibility index (Phi) is 14.3. The molecule has 56 heavy (non-hydrogen) atoms. The van der Waals surface area contributed by atoms with E-state index in [9.17, 15) is 45.7 Å². The molecule has 0 aliphatic rings. The van der Waals surface area contributed by atoms with E-state index < -0.39 is 54.6 Å². The number of aromatic hydroxyl groups is 2. The van der Waals surface area contributed by atoms with Crippen LogP contribution in [0.5, 0.6) is 11.8 Å². The summed E-state index contributed by atoms with van der Waals surface area (Å²) in [5.41, 5.74) is 1.05. The molecule has 0 amide bonds. The number of hydrogen-bond acceptors (Lipinski definition) is 12. The minimum atomic E-state index is -4.53. The van der Waals surface area contributed by atoms with Gasteiger partial charge in [-0.25, -0.2) is 0 Å². The Balaban J connectivity index is 1.70. The summed E-state index contributed by atoms with van der Waals surface area (Å²) in [5, 5.41) is 37.9. The van der Waals surface area contributed by atoms with E-state index in [1.54, 1.807) is 38.1 Å². The number of pyridine rings is 2. The Morgan fingerprint density at radius 3 is 1.30 bits per heavy atom. The molecule has 1 unspecified atom stereocenters. The van der Waals surface area contributed by atoms with Crippen molar-refractivity contribution in [3.63, 3.8) is 0 Å². The van der Waals surface area contributed by atoms with Crippen molar-refractivity contribution in [2.24, 2.45) is 26.4 Å². The van der Waals surface area contributed by atoms with Crippen LogP contribution in [0.3, 0.4) is 0 Å². The highest BCUT2D eigenvalue weighted by molar-refractivity contribution is 7.85. The number of unbranched alkanes of at least 4 members (excludes halogenated alkanes) is 1. The van der Waals surface area contributed by atoms with Crippen molar-refractivity contribution in [3.05, 3.63) is 103 Å². The topological polar surface area (TPSA) is 243 Å². The number of rotatable bonds is 17. The zero-order chi connectivity index (χ0) is 41.5. The molecule has 4 aromatic rings. The fourth-order valence-corrected chi connectivity index (χ4v) is 8.19. The zero-order valence-electron chi connectivity index (χ0n) is 32.2. The molecule has 0 radical (unpaired) electrons. The monoisotopic (exact) mass is 812 g/mol. The van der Waals surface area contributed by atoms with Gasteiger partial charge in [-0.3, -0.25) is 27.8 Å². The van der Waals surface area contributed by atoms with Gasteiger partial charge in [-0.15, -0.1) is 10.2 Å². The van der Waals surface area contributed by atoms with Gasteiger partial charge in [0, 0.05) is 30.1 Å². The molecule has 2 aromatic heterocycles. The fourth-order valence-electron chi connectivity index (χ4n) is 6.77. The Labute approximate surface area is 325 Å². The summed E-state index contributed by atoms with van der Waals surface area (Å²) in [6.45, 7) is 10.4. The zero-order valence-corrected chi connectivity index (χ0v) is 33.8. The summed E-state index contributed by atoms with van der Waals surface area (Å²) < 4.78 is 67.4. The Morgan fingerprint density at radius 1 is 0.625 bits per heavy atom. The van der Waals surface area contributed by atoms with Crippen LogP contribution in [0.2, 0.25) is 0 Å². The van der Waals surface area contributed by atoms with Gasteiger partial charge in [0.05, 0.1) is 11.4 Å². The number of aromatic nitrogens is 2. The second-order valence-corrected chi connectivity index (χ2v) is 16.4. The maximum absolute atomic E-state index is 13.1. The van der Waals surface area contributed by atoms with Crippen molar-refractivity contribution in [3.8, 4) is 11.8 Å². The van der Waals surface area contributed by atoms with Crippen LogP contribution in [0.1, 0.15) is 92.7 Å². The smallest absolute Gasteiger partial charge is 0.281 e. The highest BCUT2D eigenvalue weighted by Crippen LogP contribution is 2.39. The lowest BCUT2D eigenvalue weighted by Crippen LogP contribution is -2.22. The van der Waals surface area contributed by atoms with Crippen LogP contribution in [0.25, 0.3) is 0 Å². The molecule has 16 nitrogen and oxygen atoms in total. The first-order valence-electron chi connectivity index (χ1n) is 18.2. The molecular weight excluding hydrogens is 765 g/mol. The predicted molar refractivity (Wildman–Crippen MR) is 212 cm³/mol. The molecule has 2 heterocycles. The second kappa shape index (κ2) is 18.3. The van der Waals surface area contributed by atoms with Crippen molar-refractivity contribution in [2.45, 2.75) is 97.7 Å². The molecule has 2 aromatic carbocycles. The molecular formula is C38H48N6O10S2. The van der Waals surface area contributed by atoms with E-state index in [2.05, 4.69) is 34.3 Å². The lowest BCUT2D eigenvalue weighted by molar-refractivity contribution is 0.403. The van der Waals surface area contributed by atoms with Crippen LogP contribution in [0, 0.1) is 19.8 Å². The third kappa shape index (κ3) is 10.2. The molecule has 4 rings (SSSR count). The molecule has 4 N–H and O–H groups in total. The molecule has 0 spiro atoms. The van der Waals surface area contributed by atoms with E-state index in [1.807, 2.05) is 24.3 Å². The average molecular weight is 813 g/mol. The van der Waals surface area contributed by atoms with E-state index >= 15 is 0 Å². The first-order chi connectivity index (χ1) is 26.3. The molecule has 1 atom stereocenters.